The molecule has 1 aromatic rings. The second kappa shape index (κ2) is 14.6. The minimum Gasteiger partial charge on any atom is -0.326 e. The third-order valence-corrected chi connectivity index (χ3v) is 3.99. The first kappa shape index (κ1) is 20.0. The van der Waals surface area contributed by atoms with Gasteiger partial charge in [-0.05, 0) is 18.6 Å². The zero-order valence-corrected chi connectivity index (χ0v) is 15.1. The van der Waals surface area contributed by atoms with Crippen LogP contribution in [0.25, 0.3) is 0 Å². The average molecular weight is 329 g/mol. The summed E-state index contributed by atoms with van der Waals surface area (Å²) in [4.78, 5) is 4.45. The van der Waals surface area contributed by atoms with Crippen molar-refractivity contribution in [2.75, 3.05) is 11.9 Å². The van der Waals surface area contributed by atoms with Gasteiger partial charge < -0.3 is 5.32 Å². The van der Waals surface area contributed by atoms with Crippen LogP contribution in [0.4, 0.5) is 5.69 Å². The number of nitrogens with one attached hydrogen (secondary N) is 2. The fourth-order valence-corrected chi connectivity index (χ4v) is 2.61. The molecule has 0 aliphatic heterocycles. The maximum Gasteiger partial charge on any atom is 0.209 e. The second-order valence-corrected chi connectivity index (χ2v) is 6.14. The molecule has 24 heavy (non-hydrogen) atoms. The number of anilines is 1. The zero-order chi connectivity index (χ0) is 17.3. The Morgan fingerprint density at radius 3 is 2.08 bits per heavy atom. The van der Waals surface area contributed by atoms with Crippen molar-refractivity contribution in [3.05, 3.63) is 30.3 Å². The molecular formula is C20H32N4. The van der Waals surface area contributed by atoms with Crippen molar-refractivity contribution in [1.29, 1.82) is 5.26 Å². The molecule has 4 heteroatoms. The molecule has 1 aromatic carbocycles. The Morgan fingerprint density at radius 1 is 0.917 bits per heavy atom. The van der Waals surface area contributed by atoms with Crippen LogP contribution in [0.15, 0.2) is 35.3 Å². The van der Waals surface area contributed by atoms with Gasteiger partial charge in [0.2, 0.25) is 5.96 Å². The molecule has 0 aliphatic rings. The lowest BCUT2D eigenvalue weighted by Crippen LogP contribution is -2.27. The highest BCUT2D eigenvalue weighted by atomic mass is 15.2. The van der Waals surface area contributed by atoms with Gasteiger partial charge in [-0.25, -0.2) is 0 Å². The van der Waals surface area contributed by atoms with Crippen molar-refractivity contribution in [1.82, 2.24) is 5.32 Å². The molecule has 0 heterocycles. The van der Waals surface area contributed by atoms with Crippen molar-refractivity contribution >= 4 is 11.6 Å². The molecule has 0 saturated heterocycles. The highest BCUT2D eigenvalue weighted by molar-refractivity contribution is 5.94. The molecule has 4 nitrogen and oxygen atoms in total. The zero-order valence-electron chi connectivity index (χ0n) is 15.1. The molecule has 0 aliphatic carbocycles. The van der Waals surface area contributed by atoms with Gasteiger partial charge in [-0.2, -0.15) is 5.26 Å². The van der Waals surface area contributed by atoms with Crippen molar-refractivity contribution in [3.8, 4) is 6.19 Å². The summed E-state index contributed by atoms with van der Waals surface area (Å²) in [5, 5.41) is 14.6. The van der Waals surface area contributed by atoms with Gasteiger partial charge in [0.25, 0.3) is 0 Å². The maximum absolute atomic E-state index is 8.81. The quantitative estimate of drug-likeness (QED) is 0.176. The van der Waals surface area contributed by atoms with Crippen molar-refractivity contribution in [2.45, 2.75) is 71.1 Å². The molecular weight excluding hydrogens is 296 g/mol. The van der Waals surface area contributed by atoms with Crippen molar-refractivity contribution in [3.63, 3.8) is 0 Å². The summed E-state index contributed by atoms with van der Waals surface area (Å²) in [5.41, 5.74) is 0.932. The summed E-state index contributed by atoms with van der Waals surface area (Å²) >= 11 is 0. The Kier molecular flexibility index (Phi) is 12.2. The third-order valence-electron chi connectivity index (χ3n) is 3.99. The molecule has 0 aromatic heterocycles. The van der Waals surface area contributed by atoms with Crippen LogP contribution in [0.2, 0.25) is 0 Å². The first-order chi connectivity index (χ1) is 11.9. The number of guanidine groups is 1. The van der Waals surface area contributed by atoms with Gasteiger partial charge in [0.1, 0.15) is 0 Å². The van der Waals surface area contributed by atoms with Crippen LogP contribution >= 0.6 is 0 Å². The second-order valence-electron chi connectivity index (χ2n) is 6.14. The number of hydrogen-bond donors (Lipinski definition) is 2. The molecule has 0 radical (unpaired) electrons. The SMILES string of the molecule is CCCCCCCCCCCCN=C(NC#N)Nc1ccccc1. The number of aliphatic imine (C=N–C) groups is 1. The van der Waals surface area contributed by atoms with Crippen LogP contribution in [-0.4, -0.2) is 12.5 Å². The first-order valence-corrected chi connectivity index (χ1v) is 9.38. The molecule has 0 amide bonds. The monoisotopic (exact) mass is 328 g/mol. The molecule has 0 spiro atoms. The van der Waals surface area contributed by atoms with E-state index in [1.54, 1.807) is 0 Å². The molecule has 0 bridgehead atoms. The van der Waals surface area contributed by atoms with E-state index in [9.17, 15) is 0 Å². The minimum atomic E-state index is 0.527. The lowest BCUT2D eigenvalue weighted by Gasteiger charge is -2.07. The Morgan fingerprint density at radius 2 is 1.50 bits per heavy atom. The minimum absolute atomic E-state index is 0.527. The van der Waals surface area contributed by atoms with Crippen molar-refractivity contribution < 1.29 is 0 Å². The molecule has 2 N–H and O–H groups in total. The highest BCUT2D eigenvalue weighted by Gasteiger charge is 1.98. The van der Waals surface area contributed by atoms with Gasteiger partial charge in [0, 0.05) is 12.2 Å². The number of hydrogen-bond acceptors (Lipinski definition) is 2. The predicted octanol–water partition coefficient (Wildman–Crippen LogP) is 5.45. The Balaban J connectivity index is 2.09. The Hall–Kier alpha value is -2.02. The molecule has 0 saturated carbocycles. The normalized spacial score (nSPS) is 11.1. The van der Waals surface area contributed by atoms with Crippen molar-refractivity contribution in [2.24, 2.45) is 4.99 Å². The Bertz CT molecular complexity index is 476. The summed E-state index contributed by atoms with van der Waals surface area (Å²) in [5.74, 6) is 0.527. The van der Waals surface area contributed by atoms with Crippen LogP contribution in [0, 0.1) is 11.5 Å². The summed E-state index contributed by atoms with van der Waals surface area (Å²) < 4.78 is 0. The fourth-order valence-electron chi connectivity index (χ4n) is 2.61. The number of nitrogens with zero attached hydrogens (tertiary/aromatic N) is 2. The topological polar surface area (TPSA) is 60.2 Å². The van der Waals surface area contributed by atoms with E-state index in [0.29, 0.717) is 5.96 Å². The molecule has 0 atom stereocenters. The smallest absolute Gasteiger partial charge is 0.209 e. The largest absolute Gasteiger partial charge is 0.326 e. The van der Waals surface area contributed by atoms with Crippen LogP contribution in [0.1, 0.15) is 71.1 Å². The van der Waals surface area contributed by atoms with Gasteiger partial charge >= 0.3 is 0 Å². The summed E-state index contributed by atoms with van der Waals surface area (Å²) in [6.07, 6.45) is 15.1. The average Bonchev–Trinajstić information content (AvgIpc) is 2.60. The summed E-state index contributed by atoms with van der Waals surface area (Å²) in [6, 6.07) is 9.77. The van der Waals surface area contributed by atoms with Gasteiger partial charge in [-0.1, -0.05) is 82.9 Å². The van der Waals surface area contributed by atoms with Crippen LogP contribution in [-0.2, 0) is 0 Å². The van der Waals surface area contributed by atoms with Gasteiger partial charge in [-0.3, -0.25) is 10.3 Å². The molecule has 0 fully saturated rings. The van der Waals surface area contributed by atoms with E-state index in [-0.39, 0.29) is 0 Å². The highest BCUT2D eigenvalue weighted by Crippen LogP contribution is 2.10. The van der Waals surface area contributed by atoms with Crippen LogP contribution < -0.4 is 10.6 Å². The number of nitriles is 1. The number of benzene rings is 1. The van der Waals surface area contributed by atoms with Crippen LogP contribution in [0.3, 0.4) is 0 Å². The summed E-state index contributed by atoms with van der Waals surface area (Å²) in [6.45, 7) is 3.01. The Labute approximate surface area is 147 Å². The summed E-state index contributed by atoms with van der Waals surface area (Å²) in [7, 11) is 0. The predicted molar refractivity (Wildman–Crippen MR) is 103 cm³/mol. The molecule has 132 valence electrons. The van der Waals surface area contributed by atoms with E-state index >= 15 is 0 Å². The first-order valence-electron chi connectivity index (χ1n) is 9.38. The van der Waals surface area contributed by atoms with E-state index in [4.69, 9.17) is 5.26 Å². The van der Waals surface area contributed by atoms with E-state index in [1.807, 2.05) is 36.5 Å². The fraction of sp³-hybridized carbons (Fsp3) is 0.600. The maximum atomic E-state index is 8.81. The number of rotatable bonds is 12. The number of unbranched alkanes of at least 4 members (excludes halogenated alkanes) is 9. The van der Waals surface area contributed by atoms with E-state index < -0.39 is 0 Å². The molecule has 0 unspecified atom stereocenters. The van der Waals surface area contributed by atoms with E-state index in [2.05, 4.69) is 22.5 Å². The van der Waals surface area contributed by atoms with Gasteiger partial charge in [0.15, 0.2) is 6.19 Å². The number of para-hydroxylation sites is 1. The lowest BCUT2D eigenvalue weighted by atomic mass is 10.1. The van der Waals surface area contributed by atoms with Crippen LogP contribution in [0.5, 0.6) is 0 Å². The lowest BCUT2D eigenvalue weighted by molar-refractivity contribution is 0.558. The van der Waals surface area contributed by atoms with Gasteiger partial charge in [0.05, 0.1) is 0 Å². The van der Waals surface area contributed by atoms with Gasteiger partial charge in [-0.15, -0.1) is 0 Å². The van der Waals surface area contributed by atoms with E-state index in [1.165, 1.54) is 57.8 Å². The molecule has 1 rings (SSSR count). The standard InChI is InChI=1S/C20H32N4/c1-2-3-4-5-6-7-8-9-10-14-17-22-20(23-18-21)24-19-15-12-11-13-16-19/h11-13,15-16H,2-10,14,17H2,1H3,(H2,22,23,24). The third kappa shape index (κ3) is 10.7. The van der Waals surface area contributed by atoms with E-state index in [0.717, 1.165) is 18.7 Å².